The Morgan fingerprint density at radius 2 is 1.55 bits per heavy atom. The smallest absolute Gasteiger partial charge is 0.264 e. The molecular formula is C31H39N3O5S. The molecule has 40 heavy (non-hydrogen) atoms. The highest BCUT2D eigenvalue weighted by Crippen LogP contribution is 2.26. The average Bonchev–Trinajstić information content (AvgIpc) is 2.96. The van der Waals surface area contributed by atoms with Gasteiger partial charge in [0.05, 0.1) is 17.2 Å². The monoisotopic (exact) mass is 565 g/mol. The summed E-state index contributed by atoms with van der Waals surface area (Å²) in [5.74, 6) is -0.181. The first-order valence-corrected chi connectivity index (χ1v) is 15.1. The summed E-state index contributed by atoms with van der Waals surface area (Å²) in [6.07, 6.45) is 1.14. The minimum absolute atomic E-state index is 0.0328. The standard InChI is InChI=1S/C31H39N3O5S/c1-5-21-32-31(36)29(6-2)33(22-25-15-13-24(4)14-16-25)30(35)23-34(26-11-9-8-10-12-26)40(37,38)28-19-17-27(18-20-28)39-7-3/h8-20,29H,5-7,21-23H2,1-4H3,(H,32,36)/t29-/m1/s1. The summed E-state index contributed by atoms with van der Waals surface area (Å²) in [5.41, 5.74) is 2.27. The van der Waals surface area contributed by atoms with E-state index in [1.807, 2.05) is 52.0 Å². The van der Waals surface area contributed by atoms with Crippen LogP contribution in [0, 0.1) is 6.92 Å². The quantitative estimate of drug-likeness (QED) is 0.299. The van der Waals surface area contributed by atoms with Crippen molar-refractivity contribution in [3.63, 3.8) is 0 Å². The Morgan fingerprint density at radius 3 is 2.12 bits per heavy atom. The predicted octanol–water partition coefficient (Wildman–Crippen LogP) is 4.92. The van der Waals surface area contributed by atoms with E-state index in [0.29, 0.717) is 31.0 Å². The largest absolute Gasteiger partial charge is 0.494 e. The molecular weight excluding hydrogens is 526 g/mol. The molecule has 8 nitrogen and oxygen atoms in total. The van der Waals surface area contributed by atoms with Gasteiger partial charge in [-0.3, -0.25) is 13.9 Å². The van der Waals surface area contributed by atoms with Crippen LogP contribution in [0.5, 0.6) is 5.75 Å². The van der Waals surface area contributed by atoms with Gasteiger partial charge in [0.25, 0.3) is 10.0 Å². The third-order valence-corrected chi connectivity index (χ3v) is 8.24. The van der Waals surface area contributed by atoms with Crippen molar-refractivity contribution in [2.75, 3.05) is 24.0 Å². The molecule has 1 N–H and O–H groups in total. The second kappa shape index (κ2) is 14.5. The number of benzene rings is 3. The summed E-state index contributed by atoms with van der Waals surface area (Å²) in [5, 5.41) is 2.89. The van der Waals surface area contributed by atoms with E-state index in [1.165, 1.54) is 17.0 Å². The van der Waals surface area contributed by atoms with Crippen molar-refractivity contribution < 1.29 is 22.7 Å². The topological polar surface area (TPSA) is 96.0 Å². The second-order valence-corrected chi connectivity index (χ2v) is 11.3. The Labute approximate surface area is 238 Å². The first kappa shape index (κ1) is 30.7. The van der Waals surface area contributed by atoms with Gasteiger partial charge in [0.15, 0.2) is 0 Å². The van der Waals surface area contributed by atoms with Crippen LogP contribution in [0.4, 0.5) is 5.69 Å². The fraction of sp³-hybridized carbons (Fsp3) is 0.355. The van der Waals surface area contributed by atoms with Crippen molar-refractivity contribution in [2.24, 2.45) is 0 Å². The van der Waals surface area contributed by atoms with Crippen molar-refractivity contribution >= 4 is 27.5 Å². The number of amides is 2. The lowest BCUT2D eigenvalue weighted by atomic mass is 10.1. The molecule has 3 rings (SSSR count). The lowest BCUT2D eigenvalue weighted by molar-refractivity contribution is -0.140. The first-order valence-electron chi connectivity index (χ1n) is 13.6. The Morgan fingerprint density at radius 1 is 0.900 bits per heavy atom. The zero-order valence-corrected chi connectivity index (χ0v) is 24.5. The van der Waals surface area contributed by atoms with E-state index in [2.05, 4.69) is 5.32 Å². The molecule has 0 aromatic heterocycles. The Balaban J connectivity index is 2.01. The second-order valence-electron chi connectivity index (χ2n) is 9.47. The molecule has 0 heterocycles. The number of aryl methyl sites for hydroxylation is 1. The lowest BCUT2D eigenvalue weighted by Crippen LogP contribution is -2.52. The number of nitrogens with one attached hydrogen (secondary N) is 1. The van der Waals surface area contributed by atoms with E-state index in [-0.39, 0.29) is 17.3 Å². The van der Waals surface area contributed by atoms with Crippen LogP contribution in [-0.4, -0.2) is 50.9 Å². The van der Waals surface area contributed by atoms with Gasteiger partial charge >= 0.3 is 0 Å². The van der Waals surface area contributed by atoms with Gasteiger partial charge in [0.1, 0.15) is 18.3 Å². The van der Waals surface area contributed by atoms with Crippen molar-refractivity contribution in [3.8, 4) is 5.75 Å². The van der Waals surface area contributed by atoms with Crippen LogP contribution < -0.4 is 14.4 Å². The highest BCUT2D eigenvalue weighted by atomic mass is 32.2. The molecule has 0 spiro atoms. The fourth-order valence-electron chi connectivity index (χ4n) is 4.30. The maximum atomic E-state index is 14.0. The molecule has 1 atom stereocenters. The molecule has 0 unspecified atom stereocenters. The van der Waals surface area contributed by atoms with Gasteiger partial charge in [0, 0.05) is 13.1 Å². The Hall–Kier alpha value is -3.85. The third kappa shape index (κ3) is 7.85. The van der Waals surface area contributed by atoms with Gasteiger partial charge in [-0.05, 0) is 68.7 Å². The molecule has 9 heteroatoms. The molecule has 0 saturated carbocycles. The molecule has 0 aliphatic carbocycles. The van der Waals surface area contributed by atoms with Crippen LogP contribution in [0.1, 0.15) is 44.7 Å². The molecule has 0 aliphatic heterocycles. The molecule has 2 amide bonds. The summed E-state index contributed by atoms with van der Waals surface area (Å²) in [6, 6.07) is 21.6. The van der Waals surface area contributed by atoms with E-state index in [0.717, 1.165) is 21.9 Å². The SMILES string of the molecule is CCCNC(=O)[C@@H](CC)N(Cc1ccc(C)cc1)C(=O)CN(c1ccccc1)S(=O)(=O)c1ccc(OCC)cc1. The molecule has 0 bridgehead atoms. The number of rotatable bonds is 14. The zero-order chi connectivity index (χ0) is 29.1. The number of anilines is 1. The molecule has 0 saturated heterocycles. The van der Waals surface area contributed by atoms with Crippen LogP contribution in [0.15, 0.2) is 83.8 Å². The number of para-hydroxylation sites is 1. The van der Waals surface area contributed by atoms with Crippen molar-refractivity contribution in [1.29, 1.82) is 0 Å². The van der Waals surface area contributed by atoms with E-state index in [4.69, 9.17) is 4.74 Å². The van der Waals surface area contributed by atoms with Crippen molar-refractivity contribution in [2.45, 2.75) is 58.0 Å². The van der Waals surface area contributed by atoms with E-state index in [9.17, 15) is 18.0 Å². The highest BCUT2D eigenvalue weighted by Gasteiger charge is 2.33. The molecule has 214 valence electrons. The van der Waals surface area contributed by atoms with Crippen LogP contribution in [-0.2, 0) is 26.2 Å². The number of hydrogen-bond acceptors (Lipinski definition) is 5. The molecule has 0 fully saturated rings. The summed E-state index contributed by atoms with van der Waals surface area (Å²) in [7, 11) is -4.13. The fourth-order valence-corrected chi connectivity index (χ4v) is 5.71. The number of ether oxygens (including phenoxy) is 1. The van der Waals surface area contributed by atoms with E-state index in [1.54, 1.807) is 42.5 Å². The number of nitrogens with zero attached hydrogens (tertiary/aromatic N) is 2. The minimum atomic E-state index is -4.13. The highest BCUT2D eigenvalue weighted by molar-refractivity contribution is 7.92. The van der Waals surface area contributed by atoms with Crippen molar-refractivity contribution in [3.05, 3.63) is 90.0 Å². The minimum Gasteiger partial charge on any atom is -0.494 e. The normalized spacial score (nSPS) is 11.9. The summed E-state index contributed by atoms with van der Waals surface area (Å²) < 4.78 is 34.4. The zero-order valence-electron chi connectivity index (χ0n) is 23.7. The van der Waals surface area contributed by atoms with E-state index >= 15 is 0 Å². The van der Waals surface area contributed by atoms with Gasteiger partial charge in [0.2, 0.25) is 11.8 Å². The number of carbonyl (C=O) groups excluding carboxylic acids is 2. The number of carbonyl (C=O) groups is 2. The lowest BCUT2D eigenvalue weighted by Gasteiger charge is -2.33. The third-order valence-electron chi connectivity index (χ3n) is 6.45. The molecule has 0 radical (unpaired) electrons. The molecule has 0 aliphatic rings. The van der Waals surface area contributed by atoms with Gasteiger partial charge in [-0.2, -0.15) is 0 Å². The van der Waals surface area contributed by atoms with Crippen molar-refractivity contribution in [1.82, 2.24) is 10.2 Å². The Kier molecular flexibility index (Phi) is 11.1. The number of sulfonamides is 1. The van der Waals surface area contributed by atoms with Gasteiger partial charge < -0.3 is 15.0 Å². The van der Waals surface area contributed by atoms with Crippen LogP contribution in [0.3, 0.4) is 0 Å². The Bertz CT molecular complexity index is 1340. The van der Waals surface area contributed by atoms with Crippen LogP contribution in [0.25, 0.3) is 0 Å². The maximum Gasteiger partial charge on any atom is 0.264 e. The summed E-state index contributed by atoms with van der Waals surface area (Å²) in [4.78, 5) is 28.7. The van der Waals surface area contributed by atoms with Crippen LogP contribution in [0.2, 0.25) is 0 Å². The van der Waals surface area contributed by atoms with Gasteiger partial charge in [-0.25, -0.2) is 8.42 Å². The average molecular weight is 566 g/mol. The number of hydrogen-bond donors (Lipinski definition) is 1. The predicted molar refractivity (Wildman–Crippen MR) is 158 cm³/mol. The molecule has 3 aromatic rings. The summed E-state index contributed by atoms with van der Waals surface area (Å²) >= 11 is 0. The van der Waals surface area contributed by atoms with Crippen LogP contribution >= 0.6 is 0 Å². The van der Waals surface area contributed by atoms with Gasteiger partial charge in [-0.1, -0.05) is 61.9 Å². The maximum absolute atomic E-state index is 14.0. The van der Waals surface area contributed by atoms with E-state index < -0.39 is 28.5 Å². The summed E-state index contributed by atoms with van der Waals surface area (Å²) in [6.45, 7) is 8.27. The van der Waals surface area contributed by atoms with Gasteiger partial charge in [-0.15, -0.1) is 0 Å². The first-order chi connectivity index (χ1) is 19.2. The molecule has 3 aromatic carbocycles.